The van der Waals surface area contributed by atoms with E-state index in [4.69, 9.17) is 13.0 Å². The molecule has 1 aromatic heterocycles. The van der Waals surface area contributed by atoms with Gasteiger partial charge in [-0.25, -0.2) is 4.79 Å². The van der Waals surface area contributed by atoms with Gasteiger partial charge in [0.05, 0.1) is 19.1 Å². The van der Waals surface area contributed by atoms with E-state index < -0.39 is 68.9 Å². The molecule has 0 aromatic carbocycles. The number of hydrogen-bond acceptors (Lipinski definition) is 9. The van der Waals surface area contributed by atoms with Crippen LogP contribution in [0, 0.1) is 6.85 Å². The number of hydrogen-bond donors (Lipinski definition) is 1. The highest BCUT2D eigenvalue weighted by atomic mass is 32.2. The first kappa shape index (κ1) is 15.7. The van der Waals surface area contributed by atoms with Crippen molar-refractivity contribution in [1.29, 1.82) is 0 Å². The number of rotatable bonds is 6. The maximum atomic E-state index is 12.1. The second kappa shape index (κ2) is 6.99. The molecule has 0 saturated carbocycles. The van der Waals surface area contributed by atoms with Crippen LogP contribution in [0.5, 0.6) is 0 Å². The van der Waals surface area contributed by atoms with Gasteiger partial charge >= 0.3 is 5.69 Å². The van der Waals surface area contributed by atoms with Gasteiger partial charge in [-0.2, -0.15) is 16.8 Å². The van der Waals surface area contributed by atoms with Crippen molar-refractivity contribution < 1.29 is 34.1 Å². The average Bonchev–Trinajstić information content (AvgIpc) is 2.83. The molecule has 1 N–H and O–H groups in total. The summed E-state index contributed by atoms with van der Waals surface area (Å²) >= 11 is 0. The number of aromatic nitrogens is 2. The minimum absolute atomic E-state index is 0.253. The fraction of sp³-hybridized carbons (Fsp3) is 0.667. The van der Waals surface area contributed by atoms with Gasteiger partial charge in [-0.3, -0.25) is 22.7 Å². The summed E-state index contributed by atoms with van der Waals surface area (Å²) in [4.78, 5) is 25.7. The molecule has 1 saturated heterocycles. The number of aryl methyl sites for hydroxylation is 1. The molecule has 142 valence electrons. The highest BCUT2D eigenvalue weighted by Crippen LogP contribution is 2.31. The Morgan fingerprint density at radius 1 is 1.32 bits per heavy atom. The first-order valence-electron chi connectivity index (χ1n) is 8.31. The van der Waals surface area contributed by atoms with Crippen LogP contribution >= 0.6 is 0 Å². The Morgan fingerprint density at radius 2 is 2.00 bits per heavy atom. The van der Waals surface area contributed by atoms with Crippen LogP contribution in [-0.4, -0.2) is 57.7 Å². The zero-order chi connectivity index (χ0) is 21.5. The lowest BCUT2D eigenvalue weighted by molar-refractivity contribution is -0.0353. The Hall–Kier alpha value is -1.54. The highest BCUT2D eigenvalue weighted by Gasteiger charge is 2.40. The number of aromatic amines is 1. The molecule has 0 amide bonds. The third kappa shape index (κ3) is 5.47. The maximum absolute atomic E-state index is 12.1. The van der Waals surface area contributed by atoms with Crippen LogP contribution in [0.15, 0.2) is 15.8 Å². The van der Waals surface area contributed by atoms with Gasteiger partial charge in [0.2, 0.25) is 0 Å². The van der Waals surface area contributed by atoms with E-state index in [0.29, 0.717) is 0 Å². The van der Waals surface area contributed by atoms with Crippen LogP contribution < -0.4 is 11.2 Å². The summed E-state index contributed by atoms with van der Waals surface area (Å²) in [5.41, 5.74) is -2.77. The monoisotopic (exact) mass is 401 g/mol. The van der Waals surface area contributed by atoms with Gasteiger partial charge in [-0.1, -0.05) is 0 Å². The third-order valence-corrected chi connectivity index (χ3v) is 4.36. The second-order valence-corrected chi connectivity index (χ2v) is 8.65. The summed E-state index contributed by atoms with van der Waals surface area (Å²) in [6.45, 7) is -3.41. The summed E-state index contributed by atoms with van der Waals surface area (Å²) in [5.74, 6) is 0. The minimum Gasteiger partial charge on any atom is -0.349 e. The van der Waals surface area contributed by atoms with E-state index in [2.05, 4.69) is 4.18 Å². The fourth-order valence-electron chi connectivity index (χ4n) is 2.24. The molecule has 0 aliphatic carbocycles. The molecule has 1 aliphatic heterocycles. The third-order valence-electron chi connectivity index (χ3n) is 3.20. The SMILES string of the molecule is [2H]C([2H])([2H])c1cn([C@H]2C[C@H](OS(C)(=O)=O)[C@@H](COS(C)(=O)=O)O2)c(=O)[nH]c1=O. The van der Waals surface area contributed by atoms with Crippen LogP contribution in [0.3, 0.4) is 0 Å². The molecule has 1 aromatic rings. The van der Waals surface area contributed by atoms with Gasteiger partial charge < -0.3 is 4.74 Å². The van der Waals surface area contributed by atoms with Gasteiger partial charge in [-0.15, -0.1) is 0 Å². The molecule has 0 bridgehead atoms. The number of nitrogens with zero attached hydrogens (tertiary/aromatic N) is 1. The second-order valence-electron chi connectivity index (χ2n) is 5.40. The van der Waals surface area contributed by atoms with Crippen molar-refractivity contribution in [3.8, 4) is 0 Å². The van der Waals surface area contributed by atoms with E-state index in [9.17, 15) is 26.4 Å². The van der Waals surface area contributed by atoms with Crippen molar-refractivity contribution in [3.63, 3.8) is 0 Å². The van der Waals surface area contributed by atoms with E-state index >= 15 is 0 Å². The first-order valence-corrected chi connectivity index (χ1v) is 10.4. The van der Waals surface area contributed by atoms with Crippen LogP contribution in [0.2, 0.25) is 0 Å². The Kier molecular flexibility index (Phi) is 4.39. The highest BCUT2D eigenvalue weighted by molar-refractivity contribution is 7.86. The first-order chi connectivity index (χ1) is 12.6. The summed E-state index contributed by atoms with van der Waals surface area (Å²) in [5, 5.41) is 0. The Bertz CT molecular complexity index is 1060. The van der Waals surface area contributed by atoms with E-state index in [-0.39, 0.29) is 6.42 Å². The predicted molar refractivity (Wildman–Crippen MR) is 85.1 cm³/mol. The van der Waals surface area contributed by atoms with Gasteiger partial charge in [0.1, 0.15) is 18.4 Å². The zero-order valence-corrected chi connectivity index (χ0v) is 14.8. The van der Waals surface area contributed by atoms with E-state index in [1.807, 2.05) is 4.98 Å². The smallest absolute Gasteiger partial charge is 0.330 e. The topological polar surface area (TPSA) is 151 Å². The molecular weight excluding hydrogens is 380 g/mol. The van der Waals surface area contributed by atoms with Crippen molar-refractivity contribution in [2.75, 3.05) is 19.1 Å². The molecule has 25 heavy (non-hydrogen) atoms. The van der Waals surface area contributed by atoms with Crippen LogP contribution in [0.1, 0.15) is 22.3 Å². The summed E-state index contributed by atoms with van der Waals surface area (Å²) in [7, 11) is -7.84. The van der Waals surface area contributed by atoms with Crippen LogP contribution in [-0.2, 0) is 33.3 Å². The number of ether oxygens (including phenoxy) is 1. The van der Waals surface area contributed by atoms with Gasteiger partial charge in [-0.05, 0) is 6.85 Å². The van der Waals surface area contributed by atoms with E-state index in [1.54, 1.807) is 0 Å². The number of H-pyrrole nitrogens is 1. The lowest BCUT2D eigenvalue weighted by atomic mass is 10.2. The van der Waals surface area contributed by atoms with Crippen LogP contribution in [0.25, 0.3) is 0 Å². The molecule has 0 radical (unpaired) electrons. The van der Waals surface area contributed by atoms with E-state index in [1.165, 1.54) is 0 Å². The van der Waals surface area contributed by atoms with E-state index in [0.717, 1.165) is 23.3 Å². The fourth-order valence-corrected chi connectivity index (χ4v) is 3.27. The lowest BCUT2D eigenvalue weighted by Crippen LogP contribution is -2.33. The van der Waals surface area contributed by atoms with Crippen molar-refractivity contribution in [1.82, 2.24) is 9.55 Å². The molecule has 11 nitrogen and oxygen atoms in total. The van der Waals surface area contributed by atoms with Crippen molar-refractivity contribution >= 4 is 20.2 Å². The van der Waals surface area contributed by atoms with Crippen molar-refractivity contribution in [3.05, 3.63) is 32.6 Å². The summed E-state index contributed by atoms with van der Waals surface area (Å²) < 4.78 is 83.0. The average molecular weight is 401 g/mol. The van der Waals surface area contributed by atoms with Gasteiger partial charge in [0.25, 0.3) is 25.8 Å². The predicted octanol–water partition coefficient (Wildman–Crippen LogP) is -1.55. The molecule has 3 atom stereocenters. The molecule has 13 heteroatoms. The molecule has 1 fully saturated rings. The summed E-state index contributed by atoms with van der Waals surface area (Å²) in [6, 6.07) is 0. The zero-order valence-electron chi connectivity index (χ0n) is 16.2. The molecule has 0 unspecified atom stereocenters. The summed E-state index contributed by atoms with van der Waals surface area (Å²) in [6.07, 6.45) is -1.56. The van der Waals surface area contributed by atoms with Crippen molar-refractivity contribution in [2.45, 2.75) is 31.7 Å². The standard InChI is InChI=1S/C12H18N2O9S2/c1-7-5-14(12(16)13-11(7)15)10-4-8(23-25(3,19)20)9(22-10)6-21-24(2,17)18/h5,8-10H,4,6H2,1-3H3,(H,13,15,16)/t8-,9+,10+/m0/s1/i1D3. The normalized spacial score (nSPS) is 26.8. The maximum Gasteiger partial charge on any atom is 0.330 e. The van der Waals surface area contributed by atoms with Gasteiger partial charge in [0.15, 0.2) is 0 Å². The minimum atomic E-state index is -3.97. The van der Waals surface area contributed by atoms with Crippen LogP contribution in [0.4, 0.5) is 0 Å². The quantitative estimate of drug-likeness (QED) is 0.559. The Balaban J connectivity index is 2.39. The molecule has 2 heterocycles. The largest absolute Gasteiger partial charge is 0.349 e. The molecular formula is C12H18N2O9S2. The molecule has 0 spiro atoms. The van der Waals surface area contributed by atoms with Gasteiger partial charge in [0, 0.05) is 22.3 Å². The van der Waals surface area contributed by atoms with Crippen molar-refractivity contribution in [2.24, 2.45) is 0 Å². The lowest BCUT2D eigenvalue weighted by Gasteiger charge is -2.17. The Labute approximate surface area is 148 Å². The molecule has 2 rings (SSSR count). The Morgan fingerprint density at radius 3 is 2.56 bits per heavy atom. The number of nitrogens with one attached hydrogen (secondary N) is 1. The molecule has 1 aliphatic rings.